The lowest BCUT2D eigenvalue weighted by atomic mass is 10.2. The Morgan fingerprint density at radius 2 is 1.18 bits per heavy atom. The van der Waals surface area contributed by atoms with Crippen molar-refractivity contribution in [3.05, 3.63) is 36.7 Å². The van der Waals surface area contributed by atoms with Gasteiger partial charge in [0.15, 0.2) is 11.3 Å². The number of fused-ring (bicyclic) bond motifs is 2. The third-order valence-corrected chi connectivity index (χ3v) is 3.50. The Labute approximate surface area is 125 Å². The predicted octanol–water partition coefficient (Wildman–Crippen LogP) is 1.58. The maximum Gasteiger partial charge on any atom is 0.180 e. The van der Waals surface area contributed by atoms with Gasteiger partial charge in [0, 0.05) is 12.8 Å². The average Bonchev–Trinajstić information content (AvgIpc) is 3.19. The van der Waals surface area contributed by atoms with Crippen molar-refractivity contribution in [3.8, 4) is 0 Å². The highest BCUT2D eigenvalue weighted by molar-refractivity contribution is 5.68. The molecule has 4 aromatic heterocycles. The number of aromatic amines is 2. The number of nitrogens with one attached hydrogen (secondary N) is 2. The van der Waals surface area contributed by atoms with Crippen LogP contribution in [0.25, 0.3) is 22.3 Å². The van der Waals surface area contributed by atoms with E-state index in [4.69, 9.17) is 0 Å². The molecule has 8 heteroatoms. The molecule has 0 bridgehead atoms. The van der Waals surface area contributed by atoms with E-state index in [1.54, 1.807) is 25.0 Å². The highest BCUT2D eigenvalue weighted by Crippen LogP contribution is 2.09. The zero-order valence-electron chi connectivity index (χ0n) is 11.8. The van der Waals surface area contributed by atoms with Crippen LogP contribution in [0.15, 0.2) is 25.0 Å². The molecule has 0 radical (unpaired) electrons. The molecule has 0 atom stereocenters. The van der Waals surface area contributed by atoms with Gasteiger partial charge in [-0.15, -0.1) is 0 Å². The zero-order chi connectivity index (χ0) is 14.8. The van der Waals surface area contributed by atoms with Gasteiger partial charge in [-0.25, -0.2) is 29.9 Å². The molecule has 8 nitrogen and oxygen atoms in total. The summed E-state index contributed by atoms with van der Waals surface area (Å²) in [4.78, 5) is 31.7. The summed E-state index contributed by atoms with van der Waals surface area (Å²) >= 11 is 0. The molecule has 4 heterocycles. The van der Waals surface area contributed by atoms with E-state index in [1.807, 2.05) is 0 Å². The number of H-pyrrole nitrogens is 2. The first-order valence-corrected chi connectivity index (χ1v) is 7.18. The standard InChI is InChI=1S/C14H14N8/c1(3-11-15-5-9-13(21-11)19-7-17-9)2-4-12-16-6-10-14(22-12)20-8-18-10/h5-8H,1-4H2,(H,15,17,19,21)(H,16,18,20,22). The van der Waals surface area contributed by atoms with Crippen molar-refractivity contribution in [2.45, 2.75) is 25.7 Å². The smallest absolute Gasteiger partial charge is 0.180 e. The summed E-state index contributed by atoms with van der Waals surface area (Å²) in [6.07, 6.45) is 10.4. The summed E-state index contributed by atoms with van der Waals surface area (Å²) in [6.45, 7) is 0. The van der Waals surface area contributed by atoms with E-state index < -0.39 is 0 Å². The monoisotopic (exact) mass is 294 g/mol. The molecule has 0 aliphatic rings. The van der Waals surface area contributed by atoms with Crippen LogP contribution in [0.2, 0.25) is 0 Å². The number of hydrogen-bond acceptors (Lipinski definition) is 6. The van der Waals surface area contributed by atoms with Gasteiger partial charge in [-0.3, -0.25) is 0 Å². The molecule has 0 spiro atoms. The van der Waals surface area contributed by atoms with Crippen LogP contribution in [0.1, 0.15) is 24.5 Å². The van der Waals surface area contributed by atoms with Gasteiger partial charge in [0.25, 0.3) is 0 Å². The molecule has 0 saturated carbocycles. The van der Waals surface area contributed by atoms with Crippen LogP contribution in [0.4, 0.5) is 0 Å². The largest absolute Gasteiger partial charge is 0.342 e. The minimum absolute atomic E-state index is 0.720. The summed E-state index contributed by atoms with van der Waals surface area (Å²) in [6, 6.07) is 0. The Kier molecular flexibility index (Phi) is 3.19. The van der Waals surface area contributed by atoms with Gasteiger partial charge < -0.3 is 9.97 Å². The molecule has 0 saturated heterocycles. The normalized spacial score (nSPS) is 11.5. The van der Waals surface area contributed by atoms with E-state index in [1.165, 1.54) is 0 Å². The molecule has 4 rings (SSSR count). The number of hydrogen-bond donors (Lipinski definition) is 2. The van der Waals surface area contributed by atoms with Crippen LogP contribution in [-0.4, -0.2) is 39.9 Å². The third kappa shape index (κ3) is 2.50. The van der Waals surface area contributed by atoms with E-state index in [9.17, 15) is 0 Å². The highest BCUT2D eigenvalue weighted by atomic mass is 15.0. The van der Waals surface area contributed by atoms with E-state index in [0.29, 0.717) is 0 Å². The lowest BCUT2D eigenvalue weighted by molar-refractivity contribution is 0.690. The second-order valence-corrected chi connectivity index (χ2v) is 5.06. The van der Waals surface area contributed by atoms with Gasteiger partial charge in [0.1, 0.15) is 22.7 Å². The second-order valence-electron chi connectivity index (χ2n) is 5.06. The van der Waals surface area contributed by atoms with Crippen LogP contribution in [0, 0.1) is 0 Å². The fraction of sp³-hybridized carbons (Fsp3) is 0.286. The minimum atomic E-state index is 0.720. The summed E-state index contributed by atoms with van der Waals surface area (Å²) < 4.78 is 0. The molecule has 4 aromatic rings. The second kappa shape index (κ2) is 5.47. The quantitative estimate of drug-likeness (QED) is 0.541. The summed E-state index contributed by atoms with van der Waals surface area (Å²) in [5.41, 5.74) is 3.17. The third-order valence-electron chi connectivity index (χ3n) is 3.50. The van der Waals surface area contributed by atoms with E-state index in [2.05, 4.69) is 39.9 Å². The Hall–Kier alpha value is -2.90. The number of rotatable bonds is 5. The first-order valence-electron chi connectivity index (χ1n) is 7.18. The molecule has 0 unspecified atom stereocenters. The highest BCUT2D eigenvalue weighted by Gasteiger charge is 2.04. The van der Waals surface area contributed by atoms with Crippen LogP contribution in [0.3, 0.4) is 0 Å². The predicted molar refractivity (Wildman–Crippen MR) is 80.0 cm³/mol. The minimum Gasteiger partial charge on any atom is -0.342 e. The Bertz CT molecular complexity index is 833. The van der Waals surface area contributed by atoms with Crippen molar-refractivity contribution >= 4 is 22.3 Å². The first kappa shape index (κ1) is 12.8. The molecule has 0 amide bonds. The number of nitrogens with zero attached hydrogens (tertiary/aromatic N) is 6. The fourth-order valence-corrected chi connectivity index (χ4v) is 2.35. The van der Waals surface area contributed by atoms with Gasteiger partial charge >= 0.3 is 0 Å². The van der Waals surface area contributed by atoms with Crippen LogP contribution in [-0.2, 0) is 12.8 Å². The average molecular weight is 294 g/mol. The Morgan fingerprint density at radius 1 is 0.682 bits per heavy atom. The van der Waals surface area contributed by atoms with Gasteiger partial charge in [-0.05, 0) is 12.8 Å². The summed E-state index contributed by atoms with van der Waals surface area (Å²) in [7, 11) is 0. The molecular formula is C14H14N8. The molecule has 2 N–H and O–H groups in total. The van der Waals surface area contributed by atoms with Crippen molar-refractivity contribution in [2.75, 3.05) is 0 Å². The number of unbranched alkanes of at least 4 members (excludes halogenated alkanes) is 1. The zero-order valence-corrected chi connectivity index (χ0v) is 11.8. The van der Waals surface area contributed by atoms with Crippen LogP contribution in [0.5, 0.6) is 0 Å². The molecule has 110 valence electrons. The van der Waals surface area contributed by atoms with Gasteiger partial charge in [0.05, 0.1) is 25.0 Å². The lowest BCUT2D eigenvalue weighted by Crippen LogP contribution is -1.98. The fourth-order valence-electron chi connectivity index (χ4n) is 2.35. The number of aromatic nitrogens is 8. The SMILES string of the molecule is c1nc2nc(CCCCc3ncc4[nH]cnc4n3)ncc2[nH]1. The van der Waals surface area contributed by atoms with E-state index in [-0.39, 0.29) is 0 Å². The van der Waals surface area contributed by atoms with E-state index in [0.717, 1.165) is 59.7 Å². The first-order chi connectivity index (χ1) is 10.9. The van der Waals surface area contributed by atoms with Gasteiger partial charge in [-0.1, -0.05) is 0 Å². The van der Waals surface area contributed by atoms with Crippen molar-refractivity contribution in [2.24, 2.45) is 0 Å². The maximum absolute atomic E-state index is 4.41. The lowest BCUT2D eigenvalue weighted by Gasteiger charge is -2.01. The van der Waals surface area contributed by atoms with Crippen LogP contribution < -0.4 is 0 Å². The topological polar surface area (TPSA) is 109 Å². The van der Waals surface area contributed by atoms with E-state index >= 15 is 0 Å². The van der Waals surface area contributed by atoms with Crippen molar-refractivity contribution in [1.29, 1.82) is 0 Å². The Balaban J connectivity index is 1.34. The molecule has 0 fully saturated rings. The molecule has 0 aliphatic heterocycles. The number of aryl methyl sites for hydroxylation is 2. The van der Waals surface area contributed by atoms with Crippen molar-refractivity contribution < 1.29 is 0 Å². The van der Waals surface area contributed by atoms with Crippen molar-refractivity contribution in [1.82, 2.24) is 39.9 Å². The Morgan fingerprint density at radius 3 is 1.68 bits per heavy atom. The van der Waals surface area contributed by atoms with Crippen molar-refractivity contribution in [3.63, 3.8) is 0 Å². The van der Waals surface area contributed by atoms with Gasteiger partial charge in [-0.2, -0.15) is 0 Å². The summed E-state index contributed by atoms with van der Waals surface area (Å²) in [5, 5.41) is 0. The van der Waals surface area contributed by atoms with Crippen LogP contribution >= 0.6 is 0 Å². The maximum atomic E-state index is 4.41. The molecule has 0 aliphatic carbocycles. The summed E-state index contributed by atoms with van der Waals surface area (Å²) in [5.74, 6) is 1.64. The molecule has 0 aromatic carbocycles. The van der Waals surface area contributed by atoms with Gasteiger partial charge in [0.2, 0.25) is 0 Å². The molecule has 22 heavy (non-hydrogen) atoms. The molecular weight excluding hydrogens is 280 g/mol. The number of imidazole rings is 2.